The smallest absolute Gasteiger partial charge is 0.0398 e. The molecule has 0 aromatic heterocycles. The zero-order chi connectivity index (χ0) is 9.97. The zero-order valence-corrected chi connectivity index (χ0v) is 8.87. The molecule has 0 aliphatic heterocycles. The van der Waals surface area contributed by atoms with E-state index in [0.717, 1.165) is 11.6 Å². The van der Waals surface area contributed by atoms with Crippen molar-refractivity contribution in [1.29, 1.82) is 0 Å². The monoisotopic (exact) mass is 188 g/mol. The van der Waals surface area contributed by atoms with Crippen LogP contribution in [0.25, 0.3) is 0 Å². The lowest BCUT2D eigenvalue weighted by Gasteiger charge is -2.27. The lowest BCUT2D eigenvalue weighted by atomic mass is 10.1. The van der Waals surface area contributed by atoms with E-state index in [0.29, 0.717) is 0 Å². The Morgan fingerprint density at radius 1 is 1.21 bits per heavy atom. The topological polar surface area (TPSA) is 3.24 Å². The molecule has 0 spiro atoms. The fourth-order valence-corrected chi connectivity index (χ4v) is 2.34. The second-order valence-corrected chi connectivity index (χ2v) is 4.18. The highest BCUT2D eigenvalue weighted by molar-refractivity contribution is 5.55. The Morgan fingerprint density at radius 2 is 1.86 bits per heavy atom. The summed E-state index contributed by atoms with van der Waals surface area (Å²) in [7, 11) is 2.19. The minimum Gasteiger partial charge on any atom is -0.371 e. The minimum atomic E-state index is 0.734. The van der Waals surface area contributed by atoms with Crippen molar-refractivity contribution < 1.29 is 0 Å². The van der Waals surface area contributed by atoms with Gasteiger partial charge in [-0.15, -0.1) is 0 Å². The summed E-state index contributed by atoms with van der Waals surface area (Å²) in [5.74, 6) is 0. The predicted octanol–water partition coefficient (Wildman–Crippen LogP) is 3.25. The Kier molecular flexibility index (Phi) is 2.76. The van der Waals surface area contributed by atoms with Crippen LogP contribution in [0.15, 0.2) is 24.3 Å². The summed E-state index contributed by atoms with van der Waals surface area (Å²) in [5, 5.41) is 0. The molecule has 0 unspecified atom stereocenters. The van der Waals surface area contributed by atoms with Crippen LogP contribution in [0, 0.1) is 6.92 Å². The van der Waals surface area contributed by atoms with Crippen LogP contribution in [0.3, 0.4) is 0 Å². The van der Waals surface area contributed by atoms with Crippen molar-refractivity contribution in [2.24, 2.45) is 0 Å². The van der Waals surface area contributed by atoms with Crippen molar-refractivity contribution in [3.8, 4) is 0 Å². The maximum absolute atomic E-state index is 4.07. The van der Waals surface area contributed by atoms with E-state index in [-0.39, 0.29) is 0 Å². The number of nitrogens with zero attached hydrogens (tertiary/aromatic N) is 1. The van der Waals surface area contributed by atoms with Crippen molar-refractivity contribution in [2.75, 3.05) is 11.9 Å². The van der Waals surface area contributed by atoms with Crippen LogP contribution < -0.4 is 4.90 Å². The molecule has 75 valence electrons. The van der Waals surface area contributed by atoms with E-state index in [2.05, 4.69) is 37.1 Å². The molecule has 0 bridgehead atoms. The van der Waals surface area contributed by atoms with Gasteiger partial charge in [-0.25, -0.2) is 0 Å². The van der Waals surface area contributed by atoms with Crippen LogP contribution in [0.2, 0.25) is 0 Å². The number of anilines is 1. The molecule has 0 saturated heterocycles. The van der Waals surface area contributed by atoms with E-state index in [1.807, 2.05) is 6.07 Å². The van der Waals surface area contributed by atoms with Crippen LogP contribution in [0.1, 0.15) is 31.2 Å². The molecule has 0 N–H and O–H groups in total. The van der Waals surface area contributed by atoms with Gasteiger partial charge in [0.2, 0.25) is 0 Å². The van der Waals surface area contributed by atoms with Crippen LogP contribution in [0.4, 0.5) is 5.69 Å². The van der Waals surface area contributed by atoms with Crippen LogP contribution in [0.5, 0.6) is 0 Å². The largest absolute Gasteiger partial charge is 0.371 e. The van der Waals surface area contributed by atoms with Crippen molar-refractivity contribution in [2.45, 2.75) is 31.7 Å². The molecular formula is C13H18N. The fraction of sp³-hybridized carbons (Fsp3) is 0.462. The molecule has 2 rings (SSSR count). The Morgan fingerprint density at radius 3 is 2.50 bits per heavy atom. The lowest BCUT2D eigenvalue weighted by molar-refractivity contribution is 0.652. The van der Waals surface area contributed by atoms with Gasteiger partial charge < -0.3 is 4.90 Å². The van der Waals surface area contributed by atoms with Gasteiger partial charge in [0.25, 0.3) is 0 Å². The third-order valence-electron chi connectivity index (χ3n) is 3.24. The Hall–Kier alpha value is -0.980. The Balaban J connectivity index is 2.17. The Bertz CT molecular complexity index is 300. The number of hydrogen-bond acceptors (Lipinski definition) is 1. The van der Waals surface area contributed by atoms with Gasteiger partial charge in [-0.1, -0.05) is 31.0 Å². The molecule has 1 heteroatoms. The third kappa shape index (κ3) is 1.77. The van der Waals surface area contributed by atoms with E-state index in [9.17, 15) is 0 Å². The second kappa shape index (κ2) is 4.04. The van der Waals surface area contributed by atoms with Crippen LogP contribution in [-0.2, 0) is 0 Å². The number of rotatable bonds is 2. The molecule has 1 radical (unpaired) electrons. The van der Waals surface area contributed by atoms with Crippen molar-refractivity contribution >= 4 is 5.69 Å². The first-order valence-corrected chi connectivity index (χ1v) is 5.43. The molecular weight excluding hydrogens is 170 g/mol. The van der Waals surface area contributed by atoms with Gasteiger partial charge in [0.05, 0.1) is 0 Å². The van der Waals surface area contributed by atoms with E-state index in [1.54, 1.807) is 0 Å². The molecule has 14 heavy (non-hydrogen) atoms. The number of benzene rings is 1. The fourth-order valence-electron chi connectivity index (χ4n) is 2.34. The average Bonchev–Trinajstić information content (AvgIpc) is 2.70. The maximum atomic E-state index is 4.07. The van der Waals surface area contributed by atoms with Gasteiger partial charge in [0.15, 0.2) is 0 Å². The summed E-state index contributed by atoms with van der Waals surface area (Å²) in [6.45, 7) is 4.07. The summed E-state index contributed by atoms with van der Waals surface area (Å²) in [5.41, 5.74) is 2.43. The van der Waals surface area contributed by atoms with Gasteiger partial charge in [0.1, 0.15) is 0 Å². The normalized spacial score (nSPS) is 17.3. The molecule has 1 saturated carbocycles. The molecule has 1 aromatic carbocycles. The molecule has 1 nitrogen and oxygen atoms in total. The van der Waals surface area contributed by atoms with Gasteiger partial charge in [-0.05, 0) is 31.4 Å². The molecule has 0 heterocycles. The standard InChI is InChI=1S/C13H18N/c1-11-7-3-6-10-13(11)14(2)12-8-4-5-9-12/h3,6-7,10,12H,1,4-5,8-9H2,2H3. The van der Waals surface area contributed by atoms with E-state index in [1.165, 1.54) is 31.4 Å². The highest BCUT2D eigenvalue weighted by Gasteiger charge is 2.20. The minimum absolute atomic E-state index is 0.734. The average molecular weight is 188 g/mol. The van der Waals surface area contributed by atoms with Crippen molar-refractivity contribution in [1.82, 2.24) is 0 Å². The first kappa shape index (κ1) is 9.57. The first-order valence-electron chi connectivity index (χ1n) is 5.43. The predicted molar refractivity (Wildman–Crippen MR) is 61.6 cm³/mol. The van der Waals surface area contributed by atoms with Gasteiger partial charge in [-0.3, -0.25) is 0 Å². The van der Waals surface area contributed by atoms with Crippen molar-refractivity contribution in [3.05, 3.63) is 36.8 Å². The first-order chi connectivity index (χ1) is 6.79. The summed E-state index contributed by atoms with van der Waals surface area (Å²) in [6, 6.07) is 9.13. The Labute approximate surface area is 86.7 Å². The highest BCUT2D eigenvalue weighted by Crippen LogP contribution is 2.28. The van der Waals surface area contributed by atoms with Crippen molar-refractivity contribution in [3.63, 3.8) is 0 Å². The maximum Gasteiger partial charge on any atom is 0.0398 e. The van der Waals surface area contributed by atoms with Crippen LogP contribution in [-0.4, -0.2) is 13.1 Å². The summed E-state index contributed by atoms with van der Waals surface area (Å²) < 4.78 is 0. The van der Waals surface area contributed by atoms with E-state index < -0.39 is 0 Å². The quantitative estimate of drug-likeness (QED) is 0.688. The van der Waals surface area contributed by atoms with Gasteiger partial charge in [0, 0.05) is 18.8 Å². The van der Waals surface area contributed by atoms with Gasteiger partial charge in [-0.2, -0.15) is 0 Å². The molecule has 1 fully saturated rings. The SMILES string of the molecule is [CH2]c1ccccc1N(C)C1CCCC1. The molecule has 1 aliphatic rings. The van der Waals surface area contributed by atoms with Crippen LogP contribution >= 0.6 is 0 Å². The number of hydrogen-bond donors (Lipinski definition) is 0. The lowest BCUT2D eigenvalue weighted by Crippen LogP contribution is -2.29. The summed E-state index contributed by atoms with van der Waals surface area (Å²) in [6.07, 6.45) is 5.44. The van der Waals surface area contributed by atoms with E-state index >= 15 is 0 Å². The summed E-state index contributed by atoms with van der Waals surface area (Å²) >= 11 is 0. The molecule has 0 atom stereocenters. The zero-order valence-electron chi connectivity index (χ0n) is 8.87. The summed E-state index contributed by atoms with van der Waals surface area (Å²) in [4.78, 5) is 2.40. The molecule has 1 aromatic rings. The number of para-hydroxylation sites is 1. The molecule has 1 aliphatic carbocycles. The van der Waals surface area contributed by atoms with Gasteiger partial charge >= 0.3 is 0 Å². The third-order valence-corrected chi connectivity index (χ3v) is 3.24. The molecule has 0 amide bonds. The highest BCUT2D eigenvalue weighted by atomic mass is 15.1. The second-order valence-electron chi connectivity index (χ2n) is 4.18. The van der Waals surface area contributed by atoms with E-state index in [4.69, 9.17) is 0 Å².